The van der Waals surface area contributed by atoms with Crippen LogP contribution >= 0.6 is 0 Å². The van der Waals surface area contributed by atoms with Gasteiger partial charge in [0, 0.05) is 32.2 Å². The Bertz CT molecular complexity index is 672. The van der Waals surface area contributed by atoms with Gasteiger partial charge in [0.05, 0.1) is 12.8 Å². The van der Waals surface area contributed by atoms with E-state index in [-0.39, 0.29) is 11.6 Å². The van der Waals surface area contributed by atoms with Crippen LogP contribution in [0.4, 0.5) is 0 Å². The van der Waals surface area contributed by atoms with Gasteiger partial charge < -0.3 is 10.1 Å². The van der Waals surface area contributed by atoms with Crippen LogP contribution in [-0.4, -0.2) is 45.1 Å². The number of nitrogens with zero attached hydrogens (tertiary/aromatic N) is 4. The van der Waals surface area contributed by atoms with E-state index in [4.69, 9.17) is 4.74 Å². The highest BCUT2D eigenvalue weighted by Crippen LogP contribution is 2.18. The van der Waals surface area contributed by atoms with Crippen molar-refractivity contribution in [3.05, 3.63) is 22.9 Å². The zero-order valence-corrected chi connectivity index (χ0v) is 12.5. The predicted octanol–water partition coefficient (Wildman–Crippen LogP) is 0.145. The van der Waals surface area contributed by atoms with Gasteiger partial charge in [-0.1, -0.05) is 6.92 Å². The minimum Gasteiger partial charge on any atom is -0.381 e. The molecule has 114 valence electrons. The van der Waals surface area contributed by atoms with Crippen LogP contribution in [0, 0.1) is 5.92 Å². The second-order valence-electron chi connectivity index (χ2n) is 5.50. The number of aryl methyl sites for hydroxylation is 1. The quantitative estimate of drug-likeness (QED) is 0.848. The van der Waals surface area contributed by atoms with Crippen LogP contribution in [0.2, 0.25) is 0 Å². The molecule has 2 aromatic rings. The Balaban J connectivity index is 1.88. The minimum atomic E-state index is -0.0325. The van der Waals surface area contributed by atoms with E-state index >= 15 is 0 Å². The first-order valence-electron chi connectivity index (χ1n) is 7.39. The van der Waals surface area contributed by atoms with E-state index < -0.39 is 0 Å². The van der Waals surface area contributed by atoms with Gasteiger partial charge in [-0.05, 0) is 13.0 Å². The third-order valence-corrected chi connectivity index (χ3v) is 4.11. The van der Waals surface area contributed by atoms with E-state index in [0.29, 0.717) is 23.5 Å². The lowest BCUT2D eigenvalue weighted by molar-refractivity contribution is 0.173. The molecule has 7 nitrogen and oxygen atoms in total. The van der Waals surface area contributed by atoms with Crippen LogP contribution in [-0.2, 0) is 18.3 Å². The maximum Gasteiger partial charge on any atom is 0.264 e. The molecule has 21 heavy (non-hydrogen) atoms. The van der Waals surface area contributed by atoms with Gasteiger partial charge in [0.2, 0.25) is 0 Å². The van der Waals surface area contributed by atoms with Crippen molar-refractivity contribution in [2.75, 3.05) is 19.8 Å². The van der Waals surface area contributed by atoms with Gasteiger partial charge in [-0.25, -0.2) is 4.98 Å². The molecule has 0 saturated carbocycles. The van der Waals surface area contributed by atoms with E-state index in [9.17, 15) is 4.79 Å². The number of fused-ring (bicyclic) bond motifs is 1. The number of nitrogens with one attached hydrogen (secondary N) is 1. The highest BCUT2D eigenvalue weighted by Gasteiger charge is 2.26. The maximum atomic E-state index is 12.5. The molecule has 2 unspecified atom stereocenters. The van der Waals surface area contributed by atoms with E-state index in [1.165, 1.54) is 0 Å². The lowest BCUT2D eigenvalue weighted by Gasteiger charge is -2.23. The van der Waals surface area contributed by atoms with Gasteiger partial charge in [-0.3, -0.25) is 14.0 Å². The summed E-state index contributed by atoms with van der Waals surface area (Å²) in [5.74, 6) is 0.446. The van der Waals surface area contributed by atoms with Crippen LogP contribution in [0.3, 0.4) is 0 Å². The summed E-state index contributed by atoms with van der Waals surface area (Å²) in [6.45, 7) is 5.13. The fourth-order valence-corrected chi connectivity index (χ4v) is 2.92. The van der Waals surface area contributed by atoms with Crippen molar-refractivity contribution in [2.45, 2.75) is 25.9 Å². The molecule has 2 aromatic heterocycles. The molecule has 0 radical (unpaired) electrons. The van der Waals surface area contributed by atoms with Crippen LogP contribution < -0.4 is 10.9 Å². The number of likely N-dealkylation sites (N-methyl/N-ethyl adjacent to an activating group) is 1. The molecule has 3 heterocycles. The Labute approximate surface area is 122 Å². The summed E-state index contributed by atoms with van der Waals surface area (Å²) < 4.78 is 8.76. The Morgan fingerprint density at radius 3 is 3.14 bits per heavy atom. The molecule has 2 atom stereocenters. The molecule has 1 fully saturated rings. The Hall–Kier alpha value is -1.73. The summed E-state index contributed by atoms with van der Waals surface area (Å²) in [5, 5.41) is 8.13. The Morgan fingerprint density at radius 2 is 2.43 bits per heavy atom. The van der Waals surface area contributed by atoms with Crippen LogP contribution in [0.1, 0.15) is 13.3 Å². The second kappa shape index (κ2) is 5.95. The first-order chi connectivity index (χ1) is 10.2. The summed E-state index contributed by atoms with van der Waals surface area (Å²) in [6.07, 6.45) is 4.24. The van der Waals surface area contributed by atoms with Gasteiger partial charge in [-0.15, -0.1) is 0 Å². The number of hydrogen-bond acceptors (Lipinski definition) is 5. The monoisotopic (exact) mass is 291 g/mol. The average Bonchev–Trinajstić information content (AvgIpc) is 3.12. The van der Waals surface area contributed by atoms with Crippen molar-refractivity contribution in [1.29, 1.82) is 0 Å². The third-order valence-electron chi connectivity index (χ3n) is 4.11. The molecule has 1 aliphatic heterocycles. The summed E-state index contributed by atoms with van der Waals surface area (Å²) in [7, 11) is 1.79. The van der Waals surface area contributed by atoms with E-state index in [2.05, 4.69) is 22.3 Å². The molecular formula is C14H21N5O2. The molecule has 1 N–H and O–H groups in total. The molecule has 1 aliphatic rings. The van der Waals surface area contributed by atoms with Crippen molar-refractivity contribution in [3.8, 4) is 0 Å². The third kappa shape index (κ3) is 2.71. The number of rotatable bonds is 5. The standard InChI is InChI=1S/C14H21N5O2/c1-3-15-12(10-4-5-21-8-10)7-19-9-16-13-11(14(19)20)6-17-18(13)2/h6,9-10,12,15H,3-5,7-8H2,1-2H3. The Morgan fingerprint density at radius 1 is 1.57 bits per heavy atom. The molecule has 7 heteroatoms. The van der Waals surface area contributed by atoms with Crippen molar-refractivity contribution < 1.29 is 4.74 Å². The first kappa shape index (κ1) is 14.2. The highest BCUT2D eigenvalue weighted by molar-refractivity contribution is 5.72. The molecule has 0 aromatic carbocycles. The molecule has 0 aliphatic carbocycles. The van der Waals surface area contributed by atoms with Crippen molar-refractivity contribution in [1.82, 2.24) is 24.6 Å². The lowest BCUT2D eigenvalue weighted by atomic mass is 9.99. The molecule has 3 rings (SSSR count). The van der Waals surface area contributed by atoms with Gasteiger partial charge in [-0.2, -0.15) is 5.10 Å². The smallest absolute Gasteiger partial charge is 0.264 e. The fourth-order valence-electron chi connectivity index (χ4n) is 2.92. The van der Waals surface area contributed by atoms with Crippen molar-refractivity contribution in [3.63, 3.8) is 0 Å². The largest absolute Gasteiger partial charge is 0.381 e. The zero-order chi connectivity index (χ0) is 14.8. The second-order valence-corrected chi connectivity index (χ2v) is 5.50. The summed E-state index contributed by atoms with van der Waals surface area (Å²) in [5.41, 5.74) is 0.593. The van der Waals surface area contributed by atoms with Gasteiger partial charge in [0.25, 0.3) is 5.56 Å². The number of hydrogen-bond donors (Lipinski definition) is 1. The summed E-state index contributed by atoms with van der Waals surface area (Å²) in [4.78, 5) is 16.9. The first-order valence-corrected chi connectivity index (χ1v) is 7.39. The molecule has 0 bridgehead atoms. The highest BCUT2D eigenvalue weighted by atomic mass is 16.5. The van der Waals surface area contributed by atoms with Gasteiger partial charge in [0.15, 0.2) is 5.65 Å². The number of aromatic nitrogens is 4. The molecule has 0 amide bonds. The fraction of sp³-hybridized carbons (Fsp3) is 0.643. The summed E-state index contributed by atoms with van der Waals surface area (Å²) in [6, 6.07) is 0.228. The SMILES string of the molecule is CCNC(Cn1cnc2c(cnn2C)c1=O)C1CCOC1. The van der Waals surface area contributed by atoms with Crippen molar-refractivity contribution in [2.24, 2.45) is 13.0 Å². The molecular weight excluding hydrogens is 270 g/mol. The molecule has 0 spiro atoms. The lowest BCUT2D eigenvalue weighted by Crippen LogP contribution is -2.42. The minimum absolute atomic E-state index is 0.0325. The van der Waals surface area contributed by atoms with Gasteiger partial charge in [0.1, 0.15) is 11.7 Å². The summed E-state index contributed by atoms with van der Waals surface area (Å²) >= 11 is 0. The van der Waals surface area contributed by atoms with Crippen LogP contribution in [0.25, 0.3) is 11.0 Å². The normalized spacial score (nSPS) is 20.2. The van der Waals surface area contributed by atoms with Gasteiger partial charge >= 0.3 is 0 Å². The van der Waals surface area contributed by atoms with Crippen LogP contribution in [0.5, 0.6) is 0 Å². The molecule has 1 saturated heterocycles. The van der Waals surface area contributed by atoms with E-state index in [1.807, 2.05) is 0 Å². The number of ether oxygens (including phenoxy) is 1. The zero-order valence-electron chi connectivity index (χ0n) is 12.5. The predicted molar refractivity (Wildman–Crippen MR) is 79.2 cm³/mol. The topological polar surface area (TPSA) is 74.0 Å². The average molecular weight is 291 g/mol. The van der Waals surface area contributed by atoms with E-state index in [1.54, 1.807) is 28.8 Å². The van der Waals surface area contributed by atoms with Crippen molar-refractivity contribution >= 4 is 11.0 Å². The van der Waals surface area contributed by atoms with E-state index in [0.717, 1.165) is 26.2 Å². The van der Waals surface area contributed by atoms with Crippen LogP contribution in [0.15, 0.2) is 17.3 Å². The maximum absolute atomic E-state index is 12.5. The Kier molecular flexibility index (Phi) is 4.03.